The van der Waals surface area contributed by atoms with Crippen LogP contribution < -0.4 is 5.32 Å². The van der Waals surface area contributed by atoms with Gasteiger partial charge in [0.05, 0.1) is 16.5 Å². The number of imidazole rings is 1. The molecule has 2 rings (SSSR count). The average molecular weight is 254 g/mol. The van der Waals surface area contributed by atoms with Crippen LogP contribution in [0.25, 0.3) is 0 Å². The second-order valence-corrected chi connectivity index (χ2v) is 3.58. The lowest BCUT2D eigenvalue weighted by Gasteiger charge is -2.04. The van der Waals surface area contributed by atoms with Gasteiger partial charge in [-0.3, -0.25) is 10.1 Å². The number of anilines is 1. The van der Waals surface area contributed by atoms with Crippen LogP contribution in [0.2, 0.25) is 5.02 Å². The summed E-state index contributed by atoms with van der Waals surface area (Å²) in [5, 5.41) is 13.6. The lowest BCUT2D eigenvalue weighted by molar-refractivity contribution is -0.385. The van der Waals surface area contributed by atoms with Gasteiger partial charge in [0.25, 0.3) is 5.69 Å². The predicted octanol–water partition coefficient (Wildman–Crippen LogP) is 1.98. The summed E-state index contributed by atoms with van der Waals surface area (Å²) in [5.41, 5.74) is -0.140. The van der Waals surface area contributed by atoms with Gasteiger partial charge in [0.2, 0.25) is 0 Å². The molecule has 0 spiro atoms. The molecule has 0 fully saturated rings. The number of nitro groups is 1. The highest BCUT2D eigenvalue weighted by Crippen LogP contribution is 2.23. The smallest absolute Gasteiger partial charge is 0.289 e. The van der Waals surface area contributed by atoms with Crippen molar-refractivity contribution in [1.29, 1.82) is 0 Å². The number of halogens is 1. The van der Waals surface area contributed by atoms with Crippen LogP contribution in [0.5, 0.6) is 0 Å². The molecular weight excluding hydrogens is 246 g/mol. The van der Waals surface area contributed by atoms with Crippen LogP contribution >= 0.6 is 11.6 Å². The molecule has 2 aromatic rings. The molecule has 0 saturated heterocycles. The molecule has 0 aliphatic heterocycles. The Morgan fingerprint density at radius 1 is 1.53 bits per heavy atom. The first-order valence-corrected chi connectivity index (χ1v) is 5.06. The first-order chi connectivity index (χ1) is 8.16. The van der Waals surface area contributed by atoms with Crippen LogP contribution in [0, 0.1) is 10.1 Å². The Morgan fingerprint density at radius 3 is 2.94 bits per heavy atom. The number of H-pyrrole nitrogens is 1. The van der Waals surface area contributed by atoms with Gasteiger partial charge in [-0.25, -0.2) is 9.97 Å². The zero-order valence-electron chi connectivity index (χ0n) is 8.55. The maximum Gasteiger partial charge on any atom is 0.289 e. The van der Waals surface area contributed by atoms with Crippen molar-refractivity contribution >= 4 is 23.1 Å². The molecular formula is C9H8ClN5O2. The highest BCUT2D eigenvalue weighted by molar-refractivity contribution is 6.33. The van der Waals surface area contributed by atoms with E-state index < -0.39 is 4.92 Å². The zero-order valence-corrected chi connectivity index (χ0v) is 9.31. The van der Waals surface area contributed by atoms with Crippen LogP contribution in [-0.2, 0) is 6.54 Å². The minimum absolute atomic E-state index is 0.140. The molecule has 2 aromatic heterocycles. The zero-order chi connectivity index (χ0) is 12.3. The van der Waals surface area contributed by atoms with Crippen LogP contribution in [0.15, 0.2) is 24.7 Å². The van der Waals surface area contributed by atoms with Crippen LogP contribution in [0.3, 0.4) is 0 Å². The van der Waals surface area contributed by atoms with Gasteiger partial charge < -0.3 is 10.3 Å². The summed E-state index contributed by atoms with van der Waals surface area (Å²) < 4.78 is 0. The van der Waals surface area contributed by atoms with Gasteiger partial charge in [-0.2, -0.15) is 0 Å². The number of hydrogen-bond acceptors (Lipinski definition) is 5. The molecule has 2 heterocycles. The molecule has 7 nitrogen and oxygen atoms in total. The number of rotatable bonds is 4. The Bertz CT molecular complexity index is 528. The number of aromatic amines is 1. The molecule has 0 aliphatic rings. The molecule has 2 N–H and O–H groups in total. The number of nitrogens with one attached hydrogen (secondary N) is 2. The maximum absolute atomic E-state index is 10.5. The van der Waals surface area contributed by atoms with Gasteiger partial charge in [0.15, 0.2) is 0 Å². The Labute approximate surface area is 101 Å². The van der Waals surface area contributed by atoms with Crippen molar-refractivity contribution in [2.75, 3.05) is 5.32 Å². The second kappa shape index (κ2) is 4.79. The number of aromatic nitrogens is 3. The lowest BCUT2D eigenvalue weighted by atomic mass is 10.4. The van der Waals surface area contributed by atoms with Crippen molar-refractivity contribution in [3.05, 3.63) is 45.6 Å². The van der Waals surface area contributed by atoms with E-state index in [4.69, 9.17) is 11.6 Å². The molecule has 17 heavy (non-hydrogen) atoms. The molecule has 0 aromatic carbocycles. The fourth-order valence-corrected chi connectivity index (χ4v) is 1.45. The van der Waals surface area contributed by atoms with Crippen molar-refractivity contribution in [1.82, 2.24) is 15.0 Å². The van der Waals surface area contributed by atoms with E-state index >= 15 is 0 Å². The van der Waals surface area contributed by atoms with E-state index in [1.807, 2.05) is 0 Å². The van der Waals surface area contributed by atoms with E-state index in [1.54, 1.807) is 12.4 Å². The summed E-state index contributed by atoms with van der Waals surface area (Å²) in [6.07, 6.45) is 4.47. The molecule has 0 amide bonds. The van der Waals surface area contributed by atoms with Crippen molar-refractivity contribution in [3.8, 4) is 0 Å². The van der Waals surface area contributed by atoms with E-state index in [0.29, 0.717) is 12.4 Å². The SMILES string of the molecule is O=[N+]([O-])c1cnc(NCc2ncc[nH]2)c(Cl)c1. The maximum atomic E-state index is 10.5. The van der Waals surface area contributed by atoms with E-state index in [9.17, 15) is 10.1 Å². The van der Waals surface area contributed by atoms with E-state index in [-0.39, 0.29) is 10.7 Å². The highest BCUT2D eigenvalue weighted by Gasteiger charge is 2.10. The van der Waals surface area contributed by atoms with Crippen molar-refractivity contribution in [3.63, 3.8) is 0 Å². The lowest BCUT2D eigenvalue weighted by Crippen LogP contribution is -2.03. The normalized spacial score (nSPS) is 10.2. The summed E-state index contributed by atoms with van der Waals surface area (Å²) >= 11 is 5.85. The average Bonchev–Trinajstić information content (AvgIpc) is 2.80. The molecule has 0 radical (unpaired) electrons. The molecule has 0 atom stereocenters. The third-order valence-corrected chi connectivity index (χ3v) is 2.30. The van der Waals surface area contributed by atoms with Gasteiger partial charge in [-0.05, 0) is 0 Å². The van der Waals surface area contributed by atoms with Crippen LogP contribution in [0.1, 0.15) is 5.82 Å². The third kappa shape index (κ3) is 2.70. The Hall–Kier alpha value is -2.15. The summed E-state index contributed by atoms with van der Waals surface area (Å²) in [5.74, 6) is 1.11. The first-order valence-electron chi connectivity index (χ1n) is 4.69. The van der Waals surface area contributed by atoms with Crippen LogP contribution in [0.4, 0.5) is 11.5 Å². The topological polar surface area (TPSA) is 96.7 Å². The fraction of sp³-hybridized carbons (Fsp3) is 0.111. The minimum Gasteiger partial charge on any atom is -0.362 e. The van der Waals surface area contributed by atoms with E-state index in [1.165, 1.54) is 6.07 Å². The molecule has 0 bridgehead atoms. The van der Waals surface area contributed by atoms with Gasteiger partial charge in [-0.15, -0.1) is 0 Å². The Morgan fingerprint density at radius 2 is 2.35 bits per heavy atom. The van der Waals surface area contributed by atoms with Gasteiger partial charge in [0.1, 0.15) is 17.8 Å². The first kappa shape index (κ1) is 11.3. The largest absolute Gasteiger partial charge is 0.362 e. The number of pyridine rings is 1. The van der Waals surface area contributed by atoms with E-state index in [0.717, 1.165) is 12.0 Å². The molecule has 88 valence electrons. The second-order valence-electron chi connectivity index (χ2n) is 3.17. The Balaban J connectivity index is 2.09. The van der Waals surface area contributed by atoms with Crippen molar-refractivity contribution < 1.29 is 4.92 Å². The van der Waals surface area contributed by atoms with Crippen molar-refractivity contribution in [2.24, 2.45) is 0 Å². The Kier molecular flexibility index (Phi) is 3.20. The number of nitrogens with zero attached hydrogens (tertiary/aromatic N) is 3. The minimum atomic E-state index is -0.546. The van der Waals surface area contributed by atoms with Crippen molar-refractivity contribution in [2.45, 2.75) is 6.54 Å². The van der Waals surface area contributed by atoms with Gasteiger partial charge >= 0.3 is 0 Å². The standard InChI is InChI=1S/C9H8ClN5O2/c10-7-3-6(15(16)17)4-13-9(7)14-5-8-11-1-2-12-8/h1-4H,5H2,(H,11,12)(H,13,14). The predicted molar refractivity (Wildman–Crippen MR) is 61.8 cm³/mol. The molecule has 8 heteroatoms. The van der Waals surface area contributed by atoms with Gasteiger partial charge in [-0.1, -0.05) is 11.6 Å². The number of hydrogen-bond donors (Lipinski definition) is 2. The molecule has 0 saturated carbocycles. The monoisotopic (exact) mass is 253 g/mol. The quantitative estimate of drug-likeness (QED) is 0.641. The summed E-state index contributed by atoms with van der Waals surface area (Å²) in [6.45, 7) is 0.414. The van der Waals surface area contributed by atoms with Crippen LogP contribution in [-0.4, -0.2) is 19.9 Å². The highest BCUT2D eigenvalue weighted by atomic mass is 35.5. The fourth-order valence-electron chi connectivity index (χ4n) is 1.22. The summed E-state index contributed by atoms with van der Waals surface area (Å²) in [4.78, 5) is 20.7. The summed E-state index contributed by atoms with van der Waals surface area (Å²) in [6, 6.07) is 1.25. The summed E-state index contributed by atoms with van der Waals surface area (Å²) in [7, 11) is 0. The van der Waals surface area contributed by atoms with E-state index in [2.05, 4.69) is 20.3 Å². The third-order valence-electron chi connectivity index (χ3n) is 2.02. The van der Waals surface area contributed by atoms with Gasteiger partial charge in [0, 0.05) is 18.5 Å². The molecule has 0 aliphatic carbocycles. The molecule has 0 unspecified atom stereocenters.